The average molecular weight is 286 g/mol. The Morgan fingerprint density at radius 1 is 1.24 bits per heavy atom. The highest BCUT2D eigenvalue weighted by Crippen LogP contribution is 2.19. The third-order valence-corrected chi connectivity index (χ3v) is 4.04. The van der Waals surface area contributed by atoms with E-state index in [0.29, 0.717) is 12.1 Å². The molecule has 1 aliphatic rings. The molecule has 0 bridgehead atoms. The van der Waals surface area contributed by atoms with Gasteiger partial charge in [-0.15, -0.1) is 0 Å². The number of hydrogen-bond donors (Lipinski definition) is 1. The quantitative estimate of drug-likeness (QED) is 0.923. The predicted molar refractivity (Wildman–Crippen MR) is 82.0 cm³/mol. The van der Waals surface area contributed by atoms with E-state index >= 15 is 0 Å². The van der Waals surface area contributed by atoms with Gasteiger partial charge in [0.15, 0.2) is 0 Å². The van der Waals surface area contributed by atoms with Crippen molar-refractivity contribution in [3.8, 4) is 0 Å². The summed E-state index contributed by atoms with van der Waals surface area (Å²) in [6.07, 6.45) is 9.84. The molecule has 0 aromatic carbocycles. The SMILES string of the molecule is CC(NC1CCN(c2ncccn2)CC1)c1cnn(C)c1. The van der Waals surface area contributed by atoms with Crippen LogP contribution in [-0.4, -0.2) is 38.9 Å². The minimum Gasteiger partial charge on any atom is -0.341 e. The number of anilines is 1. The molecule has 3 heterocycles. The summed E-state index contributed by atoms with van der Waals surface area (Å²) in [6, 6.07) is 2.73. The molecule has 3 rings (SSSR count). The van der Waals surface area contributed by atoms with Gasteiger partial charge in [0.05, 0.1) is 6.20 Å². The first kappa shape index (κ1) is 14.0. The van der Waals surface area contributed by atoms with E-state index in [1.54, 1.807) is 12.4 Å². The molecule has 1 saturated heterocycles. The smallest absolute Gasteiger partial charge is 0.225 e. The molecule has 1 aliphatic heterocycles. The normalized spacial score (nSPS) is 17.9. The van der Waals surface area contributed by atoms with Crippen molar-refractivity contribution in [3.05, 3.63) is 36.4 Å². The van der Waals surface area contributed by atoms with Crippen LogP contribution in [0.15, 0.2) is 30.9 Å². The number of nitrogens with zero attached hydrogens (tertiary/aromatic N) is 5. The fraction of sp³-hybridized carbons (Fsp3) is 0.533. The fourth-order valence-corrected chi connectivity index (χ4v) is 2.81. The highest BCUT2D eigenvalue weighted by molar-refractivity contribution is 5.29. The highest BCUT2D eigenvalue weighted by atomic mass is 15.3. The third kappa shape index (κ3) is 3.39. The molecule has 1 N–H and O–H groups in total. The van der Waals surface area contributed by atoms with E-state index in [-0.39, 0.29) is 0 Å². The Morgan fingerprint density at radius 2 is 1.95 bits per heavy atom. The zero-order valence-corrected chi connectivity index (χ0v) is 12.6. The molecule has 1 unspecified atom stereocenters. The van der Waals surface area contributed by atoms with Gasteiger partial charge in [-0.2, -0.15) is 5.10 Å². The molecule has 1 atom stereocenters. The van der Waals surface area contributed by atoms with Crippen LogP contribution in [0.2, 0.25) is 0 Å². The highest BCUT2D eigenvalue weighted by Gasteiger charge is 2.22. The Kier molecular flexibility index (Phi) is 4.15. The van der Waals surface area contributed by atoms with Crippen LogP contribution < -0.4 is 10.2 Å². The van der Waals surface area contributed by atoms with Crippen LogP contribution in [0.3, 0.4) is 0 Å². The largest absolute Gasteiger partial charge is 0.341 e. The van der Waals surface area contributed by atoms with E-state index in [1.165, 1.54) is 5.56 Å². The van der Waals surface area contributed by atoms with Gasteiger partial charge in [0.25, 0.3) is 0 Å². The van der Waals surface area contributed by atoms with E-state index in [2.05, 4.69) is 38.4 Å². The van der Waals surface area contributed by atoms with Gasteiger partial charge in [-0.3, -0.25) is 4.68 Å². The summed E-state index contributed by atoms with van der Waals surface area (Å²) in [7, 11) is 1.95. The molecular formula is C15H22N6. The monoisotopic (exact) mass is 286 g/mol. The lowest BCUT2D eigenvalue weighted by Crippen LogP contribution is -2.43. The average Bonchev–Trinajstić information content (AvgIpc) is 2.96. The van der Waals surface area contributed by atoms with E-state index < -0.39 is 0 Å². The number of nitrogens with one attached hydrogen (secondary N) is 1. The van der Waals surface area contributed by atoms with Gasteiger partial charge < -0.3 is 10.2 Å². The third-order valence-electron chi connectivity index (χ3n) is 4.04. The molecular weight excluding hydrogens is 264 g/mol. The van der Waals surface area contributed by atoms with Crippen molar-refractivity contribution in [3.63, 3.8) is 0 Å². The Bertz CT molecular complexity index is 559. The van der Waals surface area contributed by atoms with Gasteiger partial charge in [-0.05, 0) is 25.8 Å². The van der Waals surface area contributed by atoms with Crippen molar-refractivity contribution < 1.29 is 0 Å². The maximum Gasteiger partial charge on any atom is 0.225 e. The van der Waals surface area contributed by atoms with Crippen LogP contribution in [0, 0.1) is 0 Å². The number of piperidine rings is 1. The standard InChI is InChI=1S/C15H22N6/c1-12(13-10-18-20(2)11-13)19-14-4-8-21(9-5-14)15-16-6-3-7-17-15/h3,6-7,10-12,14,19H,4-5,8-9H2,1-2H3. The van der Waals surface area contributed by atoms with E-state index in [9.17, 15) is 0 Å². The Hall–Kier alpha value is -1.95. The topological polar surface area (TPSA) is 58.9 Å². The first-order valence-electron chi connectivity index (χ1n) is 7.49. The molecule has 0 spiro atoms. The Labute approximate surface area is 125 Å². The maximum absolute atomic E-state index is 4.32. The van der Waals surface area contributed by atoms with Gasteiger partial charge in [-0.1, -0.05) is 0 Å². The lowest BCUT2D eigenvalue weighted by molar-refractivity contribution is 0.379. The molecule has 21 heavy (non-hydrogen) atoms. The van der Waals surface area contributed by atoms with Crippen LogP contribution in [0.5, 0.6) is 0 Å². The van der Waals surface area contributed by atoms with Gasteiger partial charge in [0.1, 0.15) is 0 Å². The van der Waals surface area contributed by atoms with Crippen molar-refractivity contribution >= 4 is 5.95 Å². The number of aryl methyl sites for hydroxylation is 1. The molecule has 0 aliphatic carbocycles. The number of rotatable bonds is 4. The molecule has 0 radical (unpaired) electrons. The van der Waals surface area contributed by atoms with Gasteiger partial charge in [0.2, 0.25) is 5.95 Å². The molecule has 6 nitrogen and oxygen atoms in total. The van der Waals surface area contributed by atoms with Crippen LogP contribution in [0.25, 0.3) is 0 Å². The molecule has 0 saturated carbocycles. The summed E-state index contributed by atoms with van der Waals surface area (Å²) in [5.74, 6) is 0.844. The molecule has 112 valence electrons. The van der Waals surface area contributed by atoms with Crippen molar-refractivity contribution in [2.75, 3.05) is 18.0 Å². The Morgan fingerprint density at radius 3 is 2.57 bits per heavy atom. The molecule has 6 heteroatoms. The lowest BCUT2D eigenvalue weighted by atomic mass is 10.0. The van der Waals surface area contributed by atoms with E-state index in [4.69, 9.17) is 0 Å². The predicted octanol–water partition coefficient (Wildman–Crippen LogP) is 1.53. The molecule has 2 aromatic heterocycles. The summed E-state index contributed by atoms with van der Waals surface area (Å²) in [6.45, 7) is 4.20. The maximum atomic E-state index is 4.32. The van der Waals surface area contributed by atoms with Crippen LogP contribution in [-0.2, 0) is 7.05 Å². The van der Waals surface area contributed by atoms with Crippen LogP contribution in [0.1, 0.15) is 31.4 Å². The molecule has 2 aromatic rings. The van der Waals surface area contributed by atoms with Crippen molar-refractivity contribution in [1.82, 2.24) is 25.1 Å². The van der Waals surface area contributed by atoms with Gasteiger partial charge in [-0.25, -0.2) is 9.97 Å². The second kappa shape index (κ2) is 6.22. The second-order valence-corrected chi connectivity index (χ2v) is 5.65. The second-order valence-electron chi connectivity index (χ2n) is 5.65. The summed E-state index contributed by atoms with van der Waals surface area (Å²) in [5, 5.41) is 7.93. The zero-order valence-electron chi connectivity index (χ0n) is 12.6. The van der Waals surface area contributed by atoms with Crippen molar-refractivity contribution in [2.24, 2.45) is 7.05 Å². The van der Waals surface area contributed by atoms with Gasteiger partial charge in [0, 0.05) is 56.4 Å². The first-order chi connectivity index (χ1) is 10.2. The minimum atomic E-state index is 0.336. The first-order valence-corrected chi connectivity index (χ1v) is 7.49. The van der Waals surface area contributed by atoms with Crippen molar-refractivity contribution in [2.45, 2.75) is 31.8 Å². The zero-order chi connectivity index (χ0) is 14.7. The van der Waals surface area contributed by atoms with Crippen molar-refractivity contribution in [1.29, 1.82) is 0 Å². The number of aromatic nitrogens is 4. The number of hydrogen-bond acceptors (Lipinski definition) is 5. The lowest BCUT2D eigenvalue weighted by Gasteiger charge is -2.33. The summed E-state index contributed by atoms with van der Waals surface area (Å²) < 4.78 is 1.85. The minimum absolute atomic E-state index is 0.336. The fourth-order valence-electron chi connectivity index (χ4n) is 2.81. The van der Waals surface area contributed by atoms with Gasteiger partial charge >= 0.3 is 0 Å². The van der Waals surface area contributed by atoms with Crippen LogP contribution in [0.4, 0.5) is 5.95 Å². The summed E-state index contributed by atoms with van der Waals surface area (Å²) >= 11 is 0. The van der Waals surface area contributed by atoms with E-state index in [1.807, 2.05) is 24.0 Å². The van der Waals surface area contributed by atoms with E-state index in [0.717, 1.165) is 31.9 Å². The van der Waals surface area contributed by atoms with Crippen LogP contribution >= 0.6 is 0 Å². The molecule has 0 amide bonds. The Balaban J connectivity index is 1.52. The summed E-state index contributed by atoms with van der Waals surface area (Å²) in [4.78, 5) is 10.9. The summed E-state index contributed by atoms with van der Waals surface area (Å²) in [5.41, 5.74) is 1.24. The molecule has 1 fully saturated rings.